The van der Waals surface area contributed by atoms with E-state index < -0.39 is 11.8 Å². The molecule has 0 aromatic heterocycles. The van der Waals surface area contributed by atoms with Crippen molar-refractivity contribution in [2.24, 2.45) is 0 Å². The minimum atomic E-state index is -0.701. The first-order valence-corrected chi connectivity index (χ1v) is 6.83. The van der Waals surface area contributed by atoms with Gasteiger partial charge in [0.25, 0.3) is 0 Å². The smallest absolute Gasteiger partial charge is 0.313 e. The fourth-order valence-corrected chi connectivity index (χ4v) is 2.01. The highest BCUT2D eigenvalue weighted by Crippen LogP contribution is 2.14. The predicted octanol–water partition coefficient (Wildman–Crippen LogP) is 2.90. The third-order valence-corrected chi connectivity index (χ3v) is 3.25. The molecule has 0 aliphatic heterocycles. The van der Waals surface area contributed by atoms with Crippen LogP contribution in [-0.2, 0) is 16.1 Å². The second-order valence-electron chi connectivity index (χ2n) is 4.60. The number of aryl methyl sites for hydroxylation is 1. The molecule has 0 saturated carbocycles. The number of carbonyl (C=O) groups excluding carboxylic acids is 2. The van der Waals surface area contributed by atoms with Crippen molar-refractivity contribution in [3.8, 4) is 0 Å². The number of amides is 2. The average Bonchev–Trinajstić information content (AvgIpc) is 2.46. The van der Waals surface area contributed by atoms with Crippen LogP contribution in [0.3, 0.4) is 0 Å². The molecule has 0 atom stereocenters. The summed E-state index contributed by atoms with van der Waals surface area (Å²) in [5.74, 6) is -1.40. The summed E-state index contributed by atoms with van der Waals surface area (Å²) in [6.07, 6.45) is 0. The quantitative estimate of drug-likeness (QED) is 0.857. The van der Waals surface area contributed by atoms with Crippen LogP contribution >= 0.6 is 11.6 Å². The zero-order valence-corrected chi connectivity index (χ0v) is 12.3. The molecule has 0 unspecified atom stereocenters. The highest BCUT2D eigenvalue weighted by molar-refractivity contribution is 6.39. The Morgan fingerprint density at radius 2 is 1.81 bits per heavy atom. The van der Waals surface area contributed by atoms with Crippen molar-refractivity contribution in [1.29, 1.82) is 0 Å². The van der Waals surface area contributed by atoms with E-state index >= 15 is 0 Å². The number of rotatable bonds is 3. The Kier molecular flexibility index (Phi) is 4.95. The van der Waals surface area contributed by atoms with Gasteiger partial charge in [0, 0.05) is 17.3 Å². The topological polar surface area (TPSA) is 58.2 Å². The highest BCUT2D eigenvalue weighted by Gasteiger charge is 2.13. The molecule has 2 aromatic rings. The van der Waals surface area contributed by atoms with E-state index in [0.717, 1.165) is 11.1 Å². The van der Waals surface area contributed by atoms with Crippen LogP contribution in [0.2, 0.25) is 5.02 Å². The van der Waals surface area contributed by atoms with E-state index in [9.17, 15) is 9.59 Å². The van der Waals surface area contributed by atoms with Crippen molar-refractivity contribution < 1.29 is 9.59 Å². The van der Waals surface area contributed by atoms with Crippen LogP contribution in [0.25, 0.3) is 0 Å². The number of hydrogen-bond donors (Lipinski definition) is 2. The predicted molar refractivity (Wildman–Crippen MR) is 83.1 cm³/mol. The fraction of sp³-hybridized carbons (Fsp3) is 0.125. The van der Waals surface area contributed by atoms with Gasteiger partial charge >= 0.3 is 11.8 Å². The lowest BCUT2D eigenvalue weighted by atomic mass is 10.2. The summed E-state index contributed by atoms with van der Waals surface area (Å²) in [6.45, 7) is 2.12. The maximum absolute atomic E-state index is 11.8. The molecule has 0 radical (unpaired) electrons. The van der Waals surface area contributed by atoms with Gasteiger partial charge in [0.1, 0.15) is 0 Å². The van der Waals surface area contributed by atoms with E-state index in [1.54, 1.807) is 30.3 Å². The van der Waals surface area contributed by atoms with E-state index in [2.05, 4.69) is 10.6 Å². The molecule has 0 aliphatic carbocycles. The fourth-order valence-electron chi connectivity index (χ4n) is 1.81. The van der Waals surface area contributed by atoms with Gasteiger partial charge in [-0.15, -0.1) is 0 Å². The van der Waals surface area contributed by atoms with E-state index in [4.69, 9.17) is 11.6 Å². The van der Waals surface area contributed by atoms with Gasteiger partial charge in [-0.2, -0.15) is 0 Å². The Morgan fingerprint density at radius 1 is 1.05 bits per heavy atom. The molecular formula is C16H15ClN2O2. The third-order valence-electron chi connectivity index (χ3n) is 2.88. The van der Waals surface area contributed by atoms with Gasteiger partial charge in [-0.1, -0.05) is 41.9 Å². The van der Waals surface area contributed by atoms with Gasteiger partial charge in [0.2, 0.25) is 0 Å². The van der Waals surface area contributed by atoms with Crippen molar-refractivity contribution in [2.75, 3.05) is 5.32 Å². The van der Waals surface area contributed by atoms with Gasteiger partial charge in [0.15, 0.2) is 0 Å². The molecule has 108 valence electrons. The van der Waals surface area contributed by atoms with E-state index in [0.29, 0.717) is 10.7 Å². The lowest BCUT2D eigenvalue weighted by molar-refractivity contribution is -0.136. The first kappa shape index (κ1) is 15.1. The van der Waals surface area contributed by atoms with Crippen molar-refractivity contribution in [3.05, 3.63) is 64.7 Å². The number of benzene rings is 2. The summed E-state index contributed by atoms with van der Waals surface area (Å²) in [6, 6.07) is 14.4. The highest BCUT2D eigenvalue weighted by atomic mass is 35.5. The molecule has 2 amide bonds. The molecule has 0 heterocycles. The zero-order valence-electron chi connectivity index (χ0n) is 11.5. The first-order valence-electron chi connectivity index (χ1n) is 6.45. The summed E-state index contributed by atoms with van der Waals surface area (Å²) in [4.78, 5) is 23.5. The van der Waals surface area contributed by atoms with Crippen LogP contribution in [0.5, 0.6) is 0 Å². The summed E-state index contributed by atoms with van der Waals surface area (Å²) in [7, 11) is 0. The van der Waals surface area contributed by atoms with Crippen LogP contribution in [-0.4, -0.2) is 11.8 Å². The molecule has 5 heteroatoms. The summed E-state index contributed by atoms with van der Waals surface area (Å²) in [5.41, 5.74) is 2.35. The van der Waals surface area contributed by atoms with Gasteiger partial charge in [-0.3, -0.25) is 9.59 Å². The molecule has 4 nitrogen and oxygen atoms in total. The van der Waals surface area contributed by atoms with Crippen LogP contribution in [0.15, 0.2) is 48.5 Å². The van der Waals surface area contributed by atoms with Gasteiger partial charge < -0.3 is 10.6 Å². The van der Waals surface area contributed by atoms with Crippen molar-refractivity contribution in [3.63, 3.8) is 0 Å². The summed E-state index contributed by atoms with van der Waals surface area (Å²) >= 11 is 5.98. The Balaban J connectivity index is 1.91. The molecule has 2 rings (SSSR count). The minimum Gasteiger partial charge on any atom is -0.344 e. The van der Waals surface area contributed by atoms with Gasteiger partial charge in [0.05, 0.1) is 0 Å². The standard InChI is InChI=1S/C16H15ClN2O2/c1-11-5-4-7-13(9-11)19-16(21)15(20)18-10-12-6-2-3-8-14(12)17/h2-9H,10H2,1H3,(H,18,20)(H,19,21). The van der Waals surface area contributed by atoms with Crippen LogP contribution in [0, 0.1) is 6.92 Å². The molecule has 21 heavy (non-hydrogen) atoms. The maximum Gasteiger partial charge on any atom is 0.313 e. The van der Waals surface area contributed by atoms with E-state index in [1.807, 2.05) is 25.1 Å². The molecule has 2 N–H and O–H groups in total. The number of nitrogens with one attached hydrogen (secondary N) is 2. The Labute approximate surface area is 128 Å². The second-order valence-corrected chi connectivity index (χ2v) is 5.00. The molecule has 0 bridgehead atoms. The minimum absolute atomic E-state index is 0.208. The number of anilines is 1. The number of hydrogen-bond acceptors (Lipinski definition) is 2. The SMILES string of the molecule is Cc1cccc(NC(=O)C(=O)NCc2ccccc2Cl)c1. The molecular weight excluding hydrogens is 288 g/mol. The van der Waals surface area contributed by atoms with Gasteiger partial charge in [-0.25, -0.2) is 0 Å². The molecule has 0 aliphatic rings. The largest absolute Gasteiger partial charge is 0.344 e. The monoisotopic (exact) mass is 302 g/mol. The van der Waals surface area contributed by atoms with Crippen LogP contribution in [0.4, 0.5) is 5.69 Å². The molecule has 0 fully saturated rings. The van der Waals surface area contributed by atoms with Crippen molar-refractivity contribution in [2.45, 2.75) is 13.5 Å². The van der Waals surface area contributed by atoms with Crippen LogP contribution < -0.4 is 10.6 Å². The Hall–Kier alpha value is -2.33. The molecule has 2 aromatic carbocycles. The van der Waals surface area contributed by atoms with Crippen LogP contribution in [0.1, 0.15) is 11.1 Å². The Bertz CT molecular complexity index is 671. The Morgan fingerprint density at radius 3 is 2.52 bits per heavy atom. The lowest BCUT2D eigenvalue weighted by Gasteiger charge is -2.08. The zero-order chi connectivity index (χ0) is 15.2. The average molecular weight is 303 g/mol. The molecule has 0 saturated heterocycles. The third kappa shape index (κ3) is 4.33. The number of halogens is 1. The summed E-state index contributed by atoms with van der Waals surface area (Å²) in [5, 5.41) is 5.64. The normalized spacial score (nSPS) is 10.0. The first-order chi connectivity index (χ1) is 10.1. The van der Waals surface area contributed by atoms with E-state index in [-0.39, 0.29) is 6.54 Å². The van der Waals surface area contributed by atoms with Crippen molar-refractivity contribution >= 4 is 29.1 Å². The summed E-state index contributed by atoms with van der Waals surface area (Å²) < 4.78 is 0. The maximum atomic E-state index is 11.8. The van der Waals surface area contributed by atoms with E-state index in [1.165, 1.54) is 0 Å². The number of carbonyl (C=O) groups is 2. The lowest BCUT2D eigenvalue weighted by Crippen LogP contribution is -2.35. The second kappa shape index (κ2) is 6.90. The van der Waals surface area contributed by atoms with Gasteiger partial charge in [-0.05, 0) is 36.2 Å². The molecule has 0 spiro atoms. The van der Waals surface area contributed by atoms with Crippen molar-refractivity contribution in [1.82, 2.24) is 5.32 Å².